The van der Waals surface area contributed by atoms with Crippen LogP contribution in [0.25, 0.3) is 22.0 Å². The number of benzene rings is 2. The van der Waals surface area contributed by atoms with Crippen LogP contribution in [0, 0.1) is 19.7 Å². The number of halogens is 7. The van der Waals surface area contributed by atoms with Crippen molar-refractivity contribution in [2.24, 2.45) is 7.05 Å². The van der Waals surface area contributed by atoms with Gasteiger partial charge < -0.3 is 24.3 Å². The predicted octanol–water partition coefficient (Wildman–Crippen LogP) is 5.66. The van der Waals surface area contributed by atoms with Crippen LogP contribution >= 0.6 is 0 Å². The number of anilines is 1. The molecule has 1 N–H and O–H groups in total. The molecule has 3 heterocycles. The fraction of sp³-hybridized carbons (Fsp3) is 0.353. The SMILES string of the molecule is COC(=O)[C@H](Cc1ccc(-c2c(C(F)(F)F)cc(C)n(C)c2=O)c2ncccc12)NC(=O)c1c(C)cc(N2CCOC[C@@H]2C(F)(F)F)cc1F. The van der Waals surface area contributed by atoms with Crippen molar-refractivity contribution in [3.05, 3.63) is 92.8 Å². The molecule has 2 aromatic heterocycles. The van der Waals surface area contributed by atoms with Crippen LogP contribution < -0.4 is 15.8 Å². The van der Waals surface area contributed by atoms with Crippen molar-refractivity contribution in [3.8, 4) is 11.1 Å². The van der Waals surface area contributed by atoms with Gasteiger partial charge in [-0.05, 0) is 49.2 Å². The molecule has 0 saturated carbocycles. The lowest BCUT2D eigenvalue weighted by Crippen LogP contribution is -2.53. The lowest BCUT2D eigenvalue weighted by Gasteiger charge is -2.38. The minimum atomic E-state index is -4.87. The number of carbonyl (C=O) groups excluding carboxylic acids is 2. The first-order chi connectivity index (χ1) is 23.4. The Morgan fingerprint density at radius 2 is 1.82 bits per heavy atom. The number of morpholine rings is 1. The zero-order valence-corrected chi connectivity index (χ0v) is 27.1. The molecule has 16 heteroatoms. The maximum absolute atomic E-state index is 15.5. The van der Waals surface area contributed by atoms with E-state index >= 15 is 4.39 Å². The van der Waals surface area contributed by atoms with Crippen LogP contribution in [0.3, 0.4) is 0 Å². The zero-order chi connectivity index (χ0) is 36.7. The van der Waals surface area contributed by atoms with Crippen LogP contribution in [0.4, 0.5) is 36.4 Å². The summed E-state index contributed by atoms with van der Waals surface area (Å²) in [6, 6.07) is 5.11. The molecule has 50 heavy (non-hydrogen) atoms. The van der Waals surface area contributed by atoms with Crippen LogP contribution in [0.1, 0.15) is 32.7 Å². The largest absolute Gasteiger partial charge is 0.467 e. The van der Waals surface area contributed by atoms with E-state index in [1.165, 1.54) is 57.4 Å². The summed E-state index contributed by atoms with van der Waals surface area (Å²) in [4.78, 5) is 44.7. The third-order valence-electron chi connectivity index (χ3n) is 8.66. The van der Waals surface area contributed by atoms with E-state index in [1.54, 1.807) is 0 Å². The second kappa shape index (κ2) is 13.7. The average Bonchev–Trinajstić information content (AvgIpc) is 3.05. The highest BCUT2D eigenvalue weighted by molar-refractivity contribution is 6.00. The first-order valence-corrected chi connectivity index (χ1v) is 15.2. The number of hydrogen-bond acceptors (Lipinski definition) is 7. The third kappa shape index (κ3) is 7.02. The van der Waals surface area contributed by atoms with Crippen molar-refractivity contribution in [1.82, 2.24) is 14.9 Å². The van der Waals surface area contributed by atoms with Crippen molar-refractivity contribution in [3.63, 3.8) is 0 Å². The molecule has 0 spiro atoms. The molecule has 2 atom stereocenters. The van der Waals surface area contributed by atoms with Gasteiger partial charge in [-0.1, -0.05) is 18.2 Å². The molecule has 5 rings (SSSR count). The quantitative estimate of drug-likeness (QED) is 0.196. The number of carbonyl (C=O) groups is 2. The van der Waals surface area contributed by atoms with E-state index in [1.807, 2.05) is 0 Å². The number of ether oxygens (including phenoxy) is 2. The minimum absolute atomic E-state index is 0.00678. The van der Waals surface area contributed by atoms with Gasteiger partial charge in [0.05, 0.1) is 42.5 Å². The molecule has 1 fully saturated rings. The van der Waals surface area contributed by atoms with E-state index in [-0.39, 0.29) is 53.0 Å². The van der Waals surface area contributed by atoms with E-state index in [0.717, 1.165) is 28.7 Å². The van der Waals surface area contributed by atoms with Crippen molar-refractivity contribution in [2.45, 2.75) is 44.7 Å². The van der Waals surface area contributed by atoms with Crippen LogP contribution in [0.2, 0.25) is 0 Å². The molecule has 0 bridgehead atoms. The lowest BCUT2D eigenvalue weighted by atomic mass is 9.93. The first-order valence-electron chi connectivity index (χ1n) is 15.2. The number of aromatic nitrogens is 2. The summed E-state index contributed by atoms with van der Waals surface area (Å²) in [7, 11) is 2.39. The van der Waals surface area contributed by atoms with Crippen LogP contribution in [-0.4, -0.2) is 66.6 Å². The number of alkyl halides is 6. The van der Waals surface area contributed by atoms with Gasteiger partial charge in [-0.25, -0.2) is 9.18 Å². The molecule has 2 aromatic carbocycles. The number of fused-ring (bicyclic) bond motifs is 1. The Labute approximate surface area is 280 Å². The van der Waals surface area contributed by atoms with E-state index in [2.05, 4.69) is 10.3 Å². The summed E-state index contributed by atoms with van der Waals surface area (Å²) in [5.74, 6) is -3.14. The van der Waals surface area contributed by atoms with Crippen molar-refractivity contribution >= 4 is 28.5 Å². The summed E-state index contributed by atoms with van der Waals surface area (Å²) < 4.78 is 110. The van der Waals surface area contributed by atoms with E-state index in [9.17, 15) is 40.7 Å². The molecule has 4 aromatic rings. The lowest BCUT2D eigenvalue weighted by molar-refractivity contribution is -0.167. The normalized spacial score (nSPS) is 16.0. The van der Waals surface area contributed by atoms with Gasteiger partial charge in [-0.2, -0.15) is 26.3 Å². The second-order valence-corrected chi connectivity index (χ2v) is 11.8. The monoisotopic (exact) mass is 708 g/mol. The molecular weight excluding hydrogens is 677 g/mol. The topological polar surface area (TPSA) is 103 Å². The number of nitrogens with zero attached hydrogens (tertiary/aromatic N) is 3. The molecule has 0 aliphatic carbocycles. The van der Waals surface area contributed by atoms with Gasteiger partial charge in [-0.3, -0.25) is 14.6 Å². The Kier molecular flexibility index (Phi) is 9.96. The number of amides is 1. The number of rotatable bonds is 7. The van der Waals surface area contributed by atoms with E-state index < -0.39 is 71.0 Å². The molecule has 1 aliphatic rings. The summed E-state index contributed by atoms with van der Waals surface area (Å²) in [5, 5.41) is 2.68. The number of hydrogen-bond donors (Lipinski definition) is 1. The third-order valence-corrected chi connectivity index (χ3v) is 8.66. The van der Waals surface area contributed by atoms with Gasteiger partial charge in [0.15, 0.2) is 0 Å². The Morgan fingerprint density at radius 1 is 1.10 bits per heavy atom. The first kappa shape index (κ1) is 36.3. The standard InChI is InChI=1S/C34H31F7N4O5/c1-17-12-20(45-10-11-50-16-26(45)34(39,40)41)15-24(35)27(17)30(46)43-25(32(48)49-4)14-19-7-8-22(29-21(19)6-5-9-42-29)28-23(33(36,37)38)13-18(2)44(3)31(28)47/h5-9,12-13,15,25-26H,10-11,14,16H2,1-4H3,(H,43,46)/t25-,26+/m0/s1. The van der Waals surface area contributed by atoms with Gasteiger partial charge >= 0.3 is 18.3 Å². The van der Waals surface area contributed by atoms with E-state index in [0.29, 0.717) is 5.56 Å². The van der Waals surface area contributed by atoms with E-state index in [4.69, 9.17) is 9.47 Å². The van der Waals surface area contributed by atoms with Gasteiger partial charge in [0.25, 0.3) is 11.5 Å². The number of esters is 1. The fourth-order valence-corrected chi connectivity index (χ4v) is 6.07. The number of nitrogens with one attached hydrogen (secondary N) is 1. The van der Waals surface area contributed by atoms with Gasteiger partial charge in [0, 0.05) is 48.5 Å². The summed E-state index contributed by atoms with van der Waals surface area (Å²) in [6.45, 7) is 1.86. The van der Waals surface area contributed by atoms with Crippen LogP contribution in [-0.2, 0) is 33.9 Å². The highest BCUT2D eigenvalue weighted by Crippen LogP contribution is 2.39. The van der Waals surface area contributed by atoms with Crippen LogP contribution in [0.5, 0.6) is 0 Å². The molecule has 266 valence electrons. The smallest absolute Gasteiger partial charge is 0.417 e. The minimum Gasteiger partial charge on any atom is -0.467 e. The molecule has 1 aliphatic heterocycles. The van der Waals surface area contributed by atoms with Gasteiger partial charge in [0.2, 0.25) is 0 Å². The van der Waals surface area contributed by atoms with Gasteiger partial charge in [-0.15, -0.1) is 0 Å². The Bertz CT molecular complexity index is 2000. The van der Waals surface area contributed by atoms with Crippen molar-refractivity contribution in [1.29, 1.82) is 0 Å². The zero-order valence-electron chi connectivity index (χ0n) is 27.1. The fourth-order valence-electron chi connectivity index (χ4n) is 6.07. The maximum atomic E-state index is 15.5. The second-order valence-electron chi connectivity index (χ2n) is 11.8. The van der Waals surface area contributed by atoms with Crippen molar-refractivity contribution < 1.29 is 49.8 Å². The molecule has 1 amide bonds. The molecule has 0 radical (unpaired) electrons. The average molecular weight is 709 g/mol. The van der Waals surface area contributed by atoms with Crippen LogP contribution in [0.15, 0.2) is 53.5 Å². The van der Waals surface area contributed by atoms with Crippen molar-refractivity contribution in [2.75, 3.05) is 31.8 Å². The highest BCUT2D eigenvalue weighted by atomic mass is 19.4. The maximum Gasteiger partial charge on any atom is 0.417 e. The number of methoxy groups -OCH3 is 1. The highest BCUT2D eigenvalue weighted by Gasteiger charge is 2.46. The predicted molar refractivity (Wildman–Crippen MR) is 168 cm³/mol. The molecule has 0 unspecified atom stereocenters. The summed E-state index contributed by atoms with van der Waals surface area (Å²) >= 11 is 0. The Hall–Kier alpha value is -4.99. The number of pyridine rings is 2. The summed E-state index contributed by atoms with van der Waals surface area (Å²) in [6.07, 6.45) is -8.51. The molecule has 1 saturated heterocycles. The number of aryl methyl sites for hydroxylation is 2. The molecule has 9 nitrogen and oxygen atoms in total. The Balaban J connectivity index is 1.50. The Morgan fingerprint density at radius 3 is 2.46 bits per heavy atom. The molecular formula is C34H31F7N4O5. The van der Waals surface area contributed by atoms with Gasteiger partial charge in [0.1, 0.15) is 17.9 Å². The summed E-state index contributed by atoms with van der Waals surface area (Å²) in [5.41, 5.74) is -2.98.